The molecule has 0 aliphatic rings. The minimum atomic E-state index is 0.412. The first-order valence-corrected chi connectivity index (χ1v) is 21.6. The molecule has 0 aliphatic carbocycles. The summed E-state index contributed by atoms with van der Waals surface area (Å²) in [5.74, 6) is 1.46. The minimum Gasteiger partial charge on any atom is -0.455 e. The summed E-state index contributed by atoms with van der Waals surface area (Å²) in [6.07, 6.45) is 0. The van der Waals surface area contributed by atoms with E-state index in [1.54, 1.807) is 0 Å². The van der Waals surface area contributed by atoms with E-state index in [0.29, 0.717) is 39.8 Å². The van der Waals surface area contributed by atoms with Crippen molar-refractivity contribution in [2.24, 2.45) is 0 Å². The van der Waals surface area contributed by atoms with Gasteiger partial charge in [-0.25, -0.2) is 15.0 Å². The highest BCUT2D eigenvalue weighted by Gasteiger charge is 2.28. The molecule has 0 bridgehead atoms. The van der Waals surface area contributed by atoms with Gasteiger partial charge in [0.1, 0.15) is 17.2 Å². The predicted molar refractivity (Wildman–Crippen MR) is 262 cm³/mol. The van der Waals surface area contributed by atoms with Gasteiger partial charge in [-0.3, -0.25) is 0 Å². The summed E-state index contributed by atoms with van der Waals surface area (Å²) in [5, 5.41) is 17.6. The van der Waals surface area contributed by atoms with Crippen molar-refractivity contribution in [1.29, 1.82) is 5.26 Å². The second-order valence-corrected chi connectivity index (χ2v) is 16.2. The molecule has 13 rings (SSSR count). The molecule has 9 aromatic carbocycles. The topological polar surface area (TPSA) is 85.5 Å². The molecule has 0 N–H and O–H groups in total. The zero-order valence-electron chi connectivity index (χ0n) is 34.7. The number of rotatable bonds is 6. The Labute approximate surface area is 372 Å². The number of aromatic nitrogens is 5. The zero-order valence-corrected chi connectivity index (χ0v) is 34.7. The monoisotopic (exact) mass is 830 g/mol. The number of hydrogen-bond acceptors (Lipinski definition) is 5. The Kier molecular flexibility index (Phi) is 8.14. The maximum atomic E-state index is 11.5. The van der Waals surface area contributed by atoms with E-state index in [0.717, 1.165) is 88.0 Å². The van der Waals surface area contributed by atoms with Crippen LogP contribution in [0.3, 0.4) is 0 Å². The van der Waals surface area contributed by atoms with Crippen LogP contribution in [0.1, 0.15) is 5.56 Å². The van der Waals surface area contributed by atoms with Crippen molar-refractivity contribution < 1.29 is 4.42 Å². The number of para-hydroxylation sites is 3. The lowest BCUT2D eigenvalue weighted by Gasteiger charge is -2.15. The standard InChI is InChI=1S/C58H34N6O/c59-35-40-34-45(58-61-56(37-19-7-2-8-20-37)60-57(62-58)38-21-9-3-10-22-38)55-53(43-26-14-16-28-50(43)65-55)54(40)64-47-30-29-39(36-17-5-1-6-18-36)33-44(47)52-49(64)32-31-48-51(52)42-25-13-15-27-46(42)63(48)41-23-11-4-12-24-41/h1-34H. The van der Waals surface area contributed by atoms with Gasteiger partial charge in [-0.2, -0.15) is 5.26 Å². The van der Waals surface area contributed by atoms with E-state index in [1.807, 2.05) is 91.0 Å². The number of nitriles is 1. The Bertz CT molecular complexity index is 3990. The van der Waals surface area contributed by atoms with Crippen LogP contribution in [0.4, 0.5) is 0 Å². The number of hydrogen-bond donors (Lipinski definition) is 0. The second kappa shape index (κ2) is 14.5. The van der Waals surface area contributed by atoms with Gasteiger partial charge in [0, 0.05) is 43.7 Å². The molecule has 0 spiro atoms. The van der Waals surface area contributed by atoms with Crippen LogP contribution in [0.25, 0.3) is 122 Å². The maximum absolute atomic E-state index is 11.5. The fourth-order valence-corrected chi connectivity index (χ4v) is 9.77. The van der Waals surface area contributed by atoms with Crippen LogP contribution in [0.15, 0.2) is 211 Å². The summed E-state index contributed by atoms with van der Waals surface area (Å²) in [5.41, 5.74) is 12.3. The van der Waals surface area contributed by atoms with Gasteiger partial charge in [0.05, 0.1) is 44.3 Å². The largest absolute Gasteiger partial charge is 0.455 e. The van der Waals surface area contributed by atoms with Gasteiger partial charge < -0.3 is 13.6 Å². The van der Waals surface area contributed by atoms with Crippen molar-refractivity contribution in [3.63, 3.8) is 0 Å². The molecule has 7 nitrogen and oxygen atoms in total. The normalized spacial score (nSPS) is 11.7. The van der Waals surface area contributed by atoms with Crippen LogP contribution in [0.2, 0.25) is 0 Å². The van der Waals surface area contributed by atoms with Crippen molar-refractivity contribution in [3.05, 3.63) is 212 Å². The van der Waals surface area contributed by atoms with Crippen LogP contribution in [-0.4, -0.2) is 24.1 Å². The highest BCUT2D eigenvalue weighted by molar-refractivity contribution is 6.30. The molecule has 0 radical (unpaired) electrons. The maximum Gasteiger partial charge on any atom is 0.167 e. The van der Waals surface area contributed by atoms with Crippen LogP contribution in [0, 0.1) is 11.3 Å². The van der Waals surface area contributed by atoms with Crippen LogP contribution in [-0.2, 0) is 0 Å². The Morgan fingerprint density at radius 2 is 0.923 bits per heavy atom. The van der Waals surface area contributed by atoms with E-state index in [1.165, 1.54) is 0 Å². The van der Waals surface area contributed by atoms with Gasteiger partial charge in [0.15, 0.2) is 17.5 Å². The number of benzene rings is 9. The molecular formula is C58H34N6O. The van der Waals surface area contributed by atoms with Gasteiger partial charge in [-0.05, 0) is 65.7 Å². The van der Waals surface area contributed by atoms with Crippen LogP contribution >= 0.6 is 0 Å². The molecule has 0 amide bonds. The van der Waals surface area contributed by atoms with E-state index in [9.17, 15) is 5.26 Å². The summed E-state index contributed by atoms with van der Waals surface area (Å²) in [4.78, 5) is 15.2. The predicted octanol–water partition coefficient (Wildman–Crippen LogP) is 14.5. The molecule has 0 saturated heterocycles. The summed E-state index contributed by atoms with van der Waals surface area (Å²) in [7, 11) is 0. The first-order chi connectivity index (χ1) is 32.2. The number of furan rings is 1. The van der Waals surface area contributed by atoms with Crippen molar-refractivity contribution >= 4 is 65.6 Å². The van der Waals surface area contributed by atoms with E-state index in [2.05, 4.69) is 130 Å². The van der Waals surface area contributed by atoms with E-state index >= 15 is 0 Å². The molecule has 0 unspecified atom stereocenters. The Balaban J connectivity index is 1.17. The molecule has 0 fully saturated rings. The molecule has 0 saturated carbocycles. The van der Waals surface area contributed by atoms with Crippen molar-refractivity contribution in [1.82, 2.24) is 24.1 Å². The minimum absolute atomic E-state index is 0.412. The van der Waals surface area contributed by atoms with Gasteiger partial charge >= 0.3 is 0 Å². The van der Waals surface area contributed by atoms with Crippen LogP contribution in [0.5, 0.6) is 0 Å². The molecule has 4 heterocycles. The summed E-state index contributed by atoms with van der Waals surface area (Å²) in [6, 6.07) is 73.2. The van der Waals surface area contributed by atoms with Gasteiger partial charge in [-0.15, -0.1) is 0 Å². The lowest BCUT2D eigenvalue weighted by molar-refractivity contribution is 0.669. The third-order valence-electron chi connectivity index (χ3n) is 12.6. The third kappa shape index (κ3) is 5.64. The highest BCUT2D eigenvalue weighted by atomic mass is 16.3. The SMILES string of the molecule is N#Cc1cc(-c2nc(-c3ccccc3)nc(-c3ccccc3)n2)c2oc3ccccc3c2c1-n1c2ccc(-c3ccccc3)cc2c2c3c4ccccc4n(-c4ccccc4)c3ccc21. The lowest BCUT2D eigenvalue weighted by atomic mass is 10.0. The number of nitrogens with zero attached hydrogens (tertiary/aromatic N) is 6. The average molecular weight is 831 g/mol. The zero-order chi connectivity index (χ0) is 43.0. The average Bonchev–Trinajstić information content (AvgIpc) is 4.04. The fourth-order valence-electron chi connectivity index (χ4n) is 9.77. The van der Waals surface area contributed by atoms with Crippen molar-refractivity contribution in [3.8, 4) is 62.7 Å². The number of fused-ring (bicyclic) bond motifs is 10. The van der Waals surface area contributed by atoms with Crippen molar-refractivity contribution in [2.45, 2.75) is 0 Å². The van der Waals surface area contributed by atoms with Crippen molar-refractivity contribution in [2.75, 3.05) is 0 Å². The van der Waals surface area contributed by atoms with Gasteiger partial charge in [-0.1, -0.05) is 152 Å². The highest BCUT2D eigenvalue weighted by Crippen LogP contribution is 2.47. The molecule has 4 aromatic heterocycles. The molecular weight excluding hydrogens is 797 g/mol. The first kappa shape index (κ1) is 36.5. The lowest BCUT2D eigenvalue weighted by Crippen LogP contribution is -2.03. The van der Waals surface area contributed by atoms with Gasteiger partial charge in [0.25, 0.3) is 0 Å². The smallest absolute Gasteiger partial charge is 0.167 e. The third-order valence-corrected chi connectivity index (χ3v) is 12.6. The van der Waals surface area contributed by atoms with E-state index in [-0.39, 0.29) is 0 Å². The molecule has 13 aromatic rings. The quantitative estimate of drug-likeness (QED) is 0.167. The summed E-state index contributed by atoms with van der Waals surface area (Å²) >= 11 is 0. The summed E-state index contributed by atoms with van der Waals surface area (Å²) in [6.45, 7) is 0. The molecule has 7 heteroatoms. The molecule has 65 heavy (non-hydrogen) atoms. The molecule has 302 valence electrons. The van der Waals surface area contributed by atoms with E-state index in [4.69, 9.17) is 19.4 Å². The summed E-state index contributed by atoms with van der Waals surface area (Å²) < 4.78 is 11.6. The fraction of sp³-hybridized carbons (Fsp3) is 0. The Morgan fingerprint density at radius 3 is 1.60 bits per heavy atom. The Hall–Kier alpha value is -9.12. The second-order valence-electron chi connectivity index (χ2n) is 16.2. The Morgan fingerprint density at radius 1 is 0.400 bits per heavy atom. The first-order valence-electron chi connectivity index (χ1n) is 21.6. The van der Waals surface area contributed by atoms with Gasteiger partial charge in [0.2, 0.25) is 0 Å². The molecule has 0 atom stereocenters. The van der Waals surface area contributed by atoms with E-state index < -0.39 is 0 Å². The molecule has 0 aliphatic heterocycles. The van der Waals surface area contributed by atoms with Crippen LogP contribution < -0.4 is 0 Å².